The first-order valence-electron chi connectivity index (χ1n) is 9.86. The second-order valence-electron chi connectivity index (χ2n) is 6.91. The summed E-state index contributed by atoms with van der Waals surface area (Å²) in [4.78, 5) is 34.7. The Labute approximate surface area is 184 Å². The molecule has 0 spiro atoms. The number of halogens is 3. The molecule has 0 aromatic heterocycles. The van der Waals surface area contributed by atoms with Gasteiger partial charge in [-0.2, -0.15) is 13.2 Å². The summed E-state index contributed by atoms with van der Waals surface area (Å²) in [5, 5.41) is 13.7. The molecule has 2 unspecified atom stereocenters. The number of aliphatic hydroxyl groups excluding tert-OH is 1. The molecule has 0 saturated carbocycles. The van der Waals surface area contributed by atoms with Crippen LogP contribution in [0.3, 0.4) is 0 Å². The van der Waals surface area contributed by atoms with Crippen molar-refractivity contribution in [2.45, 2.75) is 44.7 Å². The molecule has 0 radical (unpaired) electrons. The van der Waals surface area contributed by atoms with Gasteiger partial charge in [-0.25, -0.2) is 4.79 Å². The molecule has 1 fully saturated rings. The highest BCUT2D eigenvalue weighted by Crippen LogP contribution is 2.29. The molecular weight excluding hydrogens is 431 g/mol. The molecule has 3 N–H and O–H groups in total. The number of allylic oxidation sites excluding steroid dienone is 1. The number of hydrogen-bond donors (Lipinski definition) is 3. The smallest absolute Gasteiger partial charge is 0.396 e. The van der Waals surface area contributed by atoms with Crippen LogP contribution in [0.25, 0.3) is 0 Å². The lowest BCUT2D eigenvalue weighted by Gasteiger charge is -2.25. The zero-order valence-electron chi connectivity index (χ0n) is 18.1. The standard InChI is InChI=1S/C12H20N2O4.C9H8F3NO/c1-9(8-16)7-14(12(17)13-2)11-4-3-10(18-11)5-6-15;1-13-8(14)6-2-4-7(5-3-6)9(10,11)12/h7-8,10-11,15H,3-6H2,1-2H3,(H,13,17);2-5H,1H3,(H,13,14)/b9-7-;. The summed E-state index contributed by atoms with van der Waals surface area (Å²) in [6.45, 7) is 1.70. The molecule has 8 nitrogen and oxygen atoms in total. The number of nitrogens with one attached hydrogen (secondary N) is 2. The van der Waals surface area contributed by atoms with E-state index in [1.54, 1.807) is 6.92 Å². The number of rotatable bonds is 6. The molecule has 1 saturated heterocycles. The van der Waals surface area contributed by atoms with Gasteiger partial charge in [0.2, 0.25) is 0 Å². The third-order valence-electron chi connectivity index (χ3n) is 4.52. The number of nitrogens with zero attached hydrogens (tertiary/aromatic N) is 1. The highest BCUT2D eigenvalue weighted by Gasteiger charge is 2.31. The molecule has 178 valence electrons. The van der Waals surface area contributed by atoms with Crippen LogP contribution in [0.2, 0.25) is 0 Å². The number of hydrogen-bond acceptors (Lipinski definition) is 5. The third-order valence-corrected chi connectivity index (χ3v) is 4.52. The van der Waals surface area contributed by atoms with Crippen LogP contribution in [0, 0.1) is 0 Å². The molecule has 1 aromatic carbocycles. The van der Waals surface area contributed by atoms with Gasteiger partial charge in [-0.3, -0.25) is 14.5 Å². The second kappa shape index (κ2) is 12.8. The average molecular weight is 459 g/mol. The van der Waals surface area contributed by atoms with Crippen molar-refractivity contribution in [3.63, 3.8) is 0 Å². The lowest BCUT2D eigenvalue weighted by atomic mass is 10.1. The molecule has 0 bridgehead atoms. The first-order valence-corrected chi connectivity index (χ1v) is 9.86. The zero-order chi connectivity index (χ0) is 24.3. The molecule has 0 aliphatic carbocycles. The number of carbonyl (C=O) groups is 3. The van der Waals surface area contributed by atoms with E-state index >= 15 is 0 Å². The predicted molar refractivity (Wildman–Crippen MR) is 111 cm³/mol. The van der Waals surface area contributed by atoms with Crippen molar-refractivity contribution < 1.29 is 37.4 Å². The number of aliphatic hydroxyl groups is 1. The number of ether oxygens (including phenoxy) is 1. The Bertz CT molecular complexity index is 797. The molecule has 1 heterocycles. The predicted octanol–water partition coefficient (Wildman–Crippen LogP) is 2.68. The summed E-state index contributed by atoms with van der Waals surface area (Å²) in [7, 11) is 2.94. The Balaban J connectivity index is 0.000000330. The minimum atomic E-state index is -4.36. The maximum Gasteiger partial charge on any atom is 0.416 e. The maximum absolute atomic E-state index is 12.1. The third kappa shape index (κ3) is 8.31. The van der Waals surface area contributed by atoms with Gasteiger partial charge in [-0.05, 0) is 50.5 Å². The monoisotopic (exact) mass is 459 g/mol. The highest BCUT2D eigenvalue weighted by atomic mass is 19.4. The van der Waals surface area contributed by atoms with Gasteiger partial charge in [0, 0.05) is 38.0 Å². The van der Waals surface area contributed by atoms with Crippen molar-refractivity contribution in [1.29, 1.82) is 0 Å². The van der Waals surface area contributed by atoms with E-state index in [4.69, 9.17) is 9.84 Å². The van der Waals surface area contributed by atoms with Crippen molar-refractivity contribution >= 4 is 18.2 Å². The van der Waals surface area contributed by atoms with Gasteiger partial charge >= 0.3 is 12.2 Å². The Hall–Kier alpha value is -2.92. The minimum Gasteiger partial charge on any atom is -0.396 e. The Kier molecular flexibility index (Phi) is 10.9. The summed E-state index contributed by atoms with van der Waals surface area (Å²) in [6, 6.07) is 3.73. The van der Waals surface area contributed by atoms with Gasteiger partial charge in [0.1, 0.15) is 12.5 Å². The molecule has 1 aliphatic rings. The van der Waals surface area contributed by atoms with Crippen LogP contribution in [0.5, 0.6) is 0 Å². The number of aldehydes is 1. The average Bonchev–Trinajstić information content (AvgIpc) is 3.24. The lowest BCUT2D eigenvalue weighted by Crippen LogP contribution is -2.41. The van der Waals surface area contributed by atoms with E-state index in [0.717, 1.165) is 30.7 Å². The van der Waals surface area contributed by atoms with Crippen LogP contribution in [-0.2, 0) is 15.7 Å². The second-order valence-corrected chi connectivity index (χ2v) is 6.91. The first-order chi connectivity index (χ1) is 15.1. The Morgan fingerprint density at radius 3 is 2.28 bits per heavy atom. The topological polar surface area (TPSA) is 108 Å². The maximum atomic E-state index is 12.1. The molecule has 2 atom stereocenters. The van der Waals surface area contributed by atoms with Crippen LogP contribution >= 0.6 is 0 Å². The fourth-order valence-corrected chi connectivity index (χ4v) is 2.85. The van der Waals surface area contributed by atoms with Gasteiger partial charge in [-0.15, -0.1) is 0 Å². The molecule has 2 rings (SSSR count). The van der Waals surface area contributed by atoms with E-state index in [0.29, 0.717) is 24.7 Å². The zero-order valence-corrected chi connectivity index (χ0v) is 18.1. The fourth-order valence-electron chi connectivity index (χ4n) is 2.85. The summed E-state index contributed by atoms with van der Waals surface area (Å²) < 4.78 is 42.0. The normalized spacial score (nSPS) is 18.3. The molecule has 1 aromatic rings. The molecule has 3 amide bonds. The number of urea groups is 1. The van der Waals surface area contributed by atoms with Crippen LogP contribution in [-0.4, -0.2) is 61.3 Å². The molecule has 1 aliphatic heterocycles. The van der Waals surface area contributed by atoms with E-state index < -0.39 is 17.6 Å². The number of benzene rings is 1. The van der Waals surface area contributed by atoms with Crippen LogP contribution in [0.1, 0.15) is 42.1 Å². The molecule has 11 heteroatoms. The molecule has 32 heavy (non-hydrogen) atoms. The van der Waals surface area contributed by atoms with Crippen molar-refractivity contribution in [1.82, 2.24) is 15.5 Å². The lowest BCUT2D eigenvalue weighted by molar-refractivity contribution is -0.137. The van der Waals surface area contributed by atoms with Crippen molar-refractivity contribution in [2.75, 3.05) is 20.7 Å². The van der Waals surface area contributed by atoms with E-state index in [-0.39, 0.29) is 30.5 Å². The minimum absolute atomic E-state index is 0.0305. The van der Waals surface area contributed by atoms with Crippen LogP contribution in [0.15, 0.2) is 36.0 Å². The van der Waals surface area contributed by atoms with E-state index in [1.807, 2.05) is 0 Å². The SMILES string of the molecule is CNC(=O)N(/C=C(/C)C=O)C1CCC(CCO)O1.CNC(=O)c1ccc(C(F)(F)F)cc1. The summed E-state index contributed by atoms with van der Waals surface area (Å²) >= 11 is 0. The quantitative estimate of drug-likeness (QED) is 0.448. The summed E-state index contributed by atoms with van der Waals surface area (Å²) in [5.74, 6) is -0.404. The van der Waals surface area contributed by atoms with Gasteiger partial charge in [-0.1, -0.05) is 0 Å². The summed E-state index contributed by atoms with van der Waals surface area (Å²) in [6.07, 6.45) is -0.537. The van der Waals surface area contributed by atoms with Crippen molar-refractivity contribution in [3.8, 4) is 0 Å². The highest BCUT2D eigenvalue weighted by molar-refractivity contribution is 5.93. The molecular formula is C21H28F3N3O5. The van der Waals surface area contributed by atoms with E-state index in [9.17, 15) is 27.6 Å². The van der Waals surface area contributed by atoms with E-state index in [2.05, 4.69) is 10.6 Å². The van der Waals surface area contributed by atoms with Crippen LogP contribution < -0.4 is 10.6 Å². The van der Waals surface area contributed by atoms with Gasteiger partial charge in [0.05, 0.1) is 11.7 Å². The van der Waals surface area contributed by atoms with Gasteiger partial charge in [0.25, 0.3) is 5.91 Å². The van der Waals surface area contributed by atoms with Crippen molar-refractivity contribution in [2.24, 2.45) is 0 Å². The number of alkyl halides is 3. The largest absolute Gasteiger partial charge is 0.416 e. The van der Waals surface area contributed by atoms with Crippen LogP contribution in [0.4, 0.5) is 18.0 Å². The van der Waals surface area contributed by atoms with Crippen molar-refractivity contribution in [3.05, 3.63) is 47.2 Å². The summed E-state index contributed by atoms with van der Waals surface area (Å²) in [5.41, 5.74) is -0.0986. The van der Waals surface area contributed by atoms with Gasteiger partial charge < -0.3 is 20.5 Å². The first kappa shape index (κ1) is 27.1. The number of amides is 3. The Morgan fingerprint density at radius 2 is 1.81 bits per heavy atom. The number of carbonyl (C=O) groups excluding carboxylic acids is 3. The fraction of sp³-hybridized carbons (Fsp3) is 0.476. The Morgan fingerprint density at radius 1 is 1.19 bits per heavy atom. The van der Waals surface area contributed by atoms with E-state index in [1.165, 1.54) is 25.2 Å². The van der Waals surface area contributed by atoms with Gasteiger partial charge in [0.15, 0.2) is 0 Å².